The smallest absolute Gasteiger partial charge is 0.312 e. The van der Waals surface area contributed by atoms with E-state index in [4.69, 9.17) is 0 Å². The van der Waals surface area contributed by atoms with Gasteiger partial charge in [-0.25, -0.2) is 9.37 Å². The summed E-state index contributed by atoms with van der Waals surface area (Å²) in [4.78, 5) is 4.94. The number of halogens is 4. The third-order valence-corrected chi connectivity index (χ3v) is 4.08. The molecule has 1 N–H and O–H groups in total. The van der Waals surface area contributed by atoms with Crippen molar-refractivity contribution >= 4 is 11.3 Å². The van der Waals surface area contributed by atoms with E-state index in [9.17, 15) is 17.6 Å². The Balaban J connectivity index is 2.42. The monoisotopic (exact) mass is 304 g/mol. The normalized spacial score (nSPS) is 13.5. The van der Waals surface area contributed by atoms with Crippen molar-refractivity contribution in [2.75, 3.05) is 7.05 Å². The van der Waals surface area contributed by atoms with Crippen molar-refractivity contribution in [3.63, 3.8) is 0 Å². The fraction of sp³-hybridized carbons (Fsp3) is 0.308. The van der Waals surface area contributed by atoms with Crippen LogP contribution in [0.1, 0.15) is 23.4 Å². The Bertz CT molecular complexity index is 607. The summed E-state index contributed by atoms with van der Waals surface area (Å²) in [6.07, 6.45) is -2.99. The first-order chi connectivity index (χ1) is 9.31. The molecular formula is C13H12F4N2S. The van der Waals surface area contributed by atoms with E-state index in [2.05, 4.69) is 10.3 Å². The molecule has 1 unspecified atom stereocenters. The summed E-state index contributed by atoms with van der Waals surface area (Å²) < 4.78 is 51.3. The molecule has 0 spiro atoms. The molecule has 0 fully saturated rings. The number of hydrogen-bond acceptors (Lipinski definition) is 3. The predicted molar refractivity (Wildman–Crippen MR) is 70.0 cm³/mol. The first kappa shape index (κ1) is 14.9. The zero-order valence-electron chi connectivity index (χ0n) is 10.8. The van der Waals surface area contributed by atoms with Gasteiger partial charge in [-0.2, -0.15) is 13.2 Å². The van der Waals surface area contributed by atoms with Crippen LogP contribution in [0.25, 0.3) is 10.6 Å². The average Bonchev–Trinajstić information content (AvgIpc) is 2.85. The lowest BCUT2D eigenvalue weighted by Gasteiger charge is -2.08. The van der Waals surface area contributed by atoms with Crippen molar-refractivity contribution in [2.24, 2.45) is 0 Å². The molecule has 0 saturated carbocycles. The van der Waals surface area contributed by atoms with Crippen LogP contribution < -0.4 is 5.32 Å². The standard InChI is InChI=1S/C13H12F4N2S/c1-7(18-2)11-6-19-12(20-11)8-3-9(13(15,16)17)5-10(14)4-8/h3-7,18H,1-2H3. The van der Waals surface area contributed by atoms with E-state index in [1.54, 1.807) is 13.2 Å². The fourth-order valence-electron chi connectivity index (χ4n) is 1.64. The molecular weight excluding hydrogens is 292 g/mol. The van der Waals surface area contributed by atoms with Crippen LogP contribution in [-0.2, 0) is 6.18 Å². The number of aromatic nitrogens is 1. The van der Waals surface area contributed by atoms with Crippen LogP contribution in [0.5, 0.6) is 0 Å². The van der Waals surface area contributed by atoms with Gasteiger partial charge >= 0.3 is 6.18 Å². The second kappa shape index (κ2) is 5.49. The van der Waals surface area contributed by atoms with Gasteiger partial charge in [-0.3, -0.25) is 0 Å². The van der Waals surface area contributed by atoms with Gasteiger partial charge in [-0.15, -0.1) is 11.3 Å². The first-order valence-corrected chi connectivity index (χ1v) is 6.64. The van der Waals surface area contributed by atoms with Crippen molar-refractivity contribution < 1.29 is 17.6 Å². The van der Waals surface area contributed by atoms with Gasteiger partial charge in [0.15, 0.2) is 0 Å². The highest BCUT2D eigenvalue weighted by atomic mass is 32.1. The summed E-state index contributed by atoms with van der Waals surface area (Å²) in [5.41, 5.74) is -0.872. The summed E-state index contributed by atoms with van der Waals surface area (Å²) in [5, 5.41) is 3.38. The van der Waals surface area contributed by atoms with Gasteiger partial charge in [0.1, 0.15) is 10.8 Å². The van der Waals surface area contributed by atoms with Crippen molar-refractivity contribution in [2.45, 2.75) is 19.1 Å². The molecule has 0 aliphatic carbocycles. The summed E-state index contributed by atoms with van der Waals surface area (Å²) in [7, 11) is 1.77. The largest absolute Gasteiger partial charge is 0.416 e. The zero-order chi connectivity index (χ0) is 14.9. The number of alkyl halides is 3. The molecule has 0 bridgehead atoms. The van der Waals surface area contributed by atoms with E-state index >= 15 is 0 Å². The van der Waals surface area contributed by atoms with Crippen molar-refractivity contribution in [3.8, 4) is 10.6 Å². The maximum Gasteiger partial charge on any atom is 0.416 e. The maximum absolute atomic E-state index is 13.3. The minimum absolute atomic E-state index is 0.0388. The van der Waals surface area contributed by atoms with Crippen LogP contribution >= 0.6 is 11.3 Å². The molecule has 0 saturated heterocycles. The van der Waals surface area contributed by atoms with Gasteiger partial charge in [0.05, 0.1) is 5.56 Å². The number of thiazole rings is 1. The molecule has 0 amide bonds. The Morgan fingerprint density at radius 2 is 1.95 bits per heavy atom. The highest BCUT2D eigenvalue weighted by Crippen LogP contribution is 2.35. The van der Waals surface area contributed by atoms with Gasteiger partial charge in [0.25, 0.3) is 0 Å². The van der Waals surface area contributed by atoms with Crippen LogP contribution in [-0.4, -0.2) is 12.0 Å². The highest BCUT2D eigenvalue weighted by Gasteiger charge is 2.31. The van der Waals surface area contributed by atoms with Gasteiger partial charge in [-0.1, -0.05) is 0 Å². The first-order valence-electron chi connectivity index (χ1n) is 5.82. The molecule has 2 aromatic rings. The van der Waals surface area contributed by atoms with Crippen LogP contribution in [0.15, 0.2) is 24.4 Å². The molecule has 1 atom stereocenters. The number of nitrogens with one attached hydrogen (secondary N) is 1. The van der Waals surface area contributed by atoms with E-state index in [1.165, 1.54) is 11.3 Å². The van der Waals surface area contributed by atoms with Gasteiger partial charge in [-0.05, 0) is 32.2 Å². The average molecular weight is 304 g/mol. The van der Waals surface area contributed by atoms with Crippen molar-refractivity contribution in [1.82, 2.24) is 10.3 Å². The fourth-order valence-corrected chi connectivity index (χ4v) is 2.60. The van der Waals surface area contributed by atoms with Gasteiger partial charge < -0.3 is 5.32 Å². The number of rotatable bonds is 3. The number of benzene rings is 1. The van der Waals surface area contributed by atoms with Crippen molar-refractivity contribution in [3.05, 3.63) is 40.7 Å². The summed E-state index contributed by atoms with van der Waals surface area (Å²) in [6.45, 7) is 1.91. The van der Waals surface area contributed by atoms with Gasteiger partial charge in [0.2, 0.25) is 0 Å². The molecule has 108 valence electrons. The van der Waals surface area contributed by atoms with E-state index in [0.29, 0.717) is 11.1 Å². The minimum atomic E-state index is -4.57. The number of hydrogen-bond donors (Lipinski definition) is 1. The molecule has 0 aliphatic rings. The Morgan fingerprint density at radius 3 is 2.55 bits per heavy atom. The lowest BCUT2D eigenvalue weighted by atomic mass is 10.1. The molecule has 0 aliphatic heterocycles. The molecule has 2 nitrogen and oxygen atoms in total. The lowest BCUT2D eigenvalue weighted by Crippen LogP contribution is -2.10. The second-order valence-corrected chi connectivity index (χ2v) is 5.37. The van der Waals surface area contributed by atoms with E-state index in [1.807, 2.05) is 6.92 Å². The molecule has 1 heterocycles. The molecule has 1 aromatic carbocycles. The lowest BCUT2D eigenvalue weighted by molar-refractivity contribution is -0.137. The highest BCUT2D eigenvalue weighted by molar-refractivity contribution is 7.15. The van der Waals surface area contributed by atoms with Crippen molar-refractivity contribution in [1.29, 1.82) is 0 Å². The quantitative estimate of drug-likeness (QED) is 0.858. The Kier molecular flexibility index (Phi) is 4.10. The molecule has 0 radical (unpaired) electrons. The molecule has 2 rings (SSSR count). The topological polar surface area (TPSA) is 24.9 Å². The van der Waals surface area contributed by atoms with Crippen LogP contribution in [0.2, 0.25) is 0 Å². The van der Waals surface area contributed by atoms with Gasteiger partial charge in [0, 0.05) is 22.7 Å². The van der Waals surface area contributed by atoms with Crippen LogP contribution in [0.4, 0.5) is 17.6 Å². The second-order valence-electron chi connectivity index (χ2n) is 4.30. The third-order valence-electron chi connectivity index (χ3n) is 2.86. The Morgan fingerprint density at radius 1 is 1.25 bits per heavy atom. The van der Waals surface area contributed by atoms with E-state index < -0.39 is 17.6 Å². The molecule has 7 heteroatoms. The van der Waals surface area contributed by atoms with E-state index in [0.717, 1.165) is 17.0 Å². The number of nitrogens with zero attached hydrogens (tertiary/aromatic N) is 1. The summed E-state index contributed by atoms with van der Waals surface area (Å²) in [5.74, 6) is -0.923. The Labute approximate surface area is 117 Å². The zero-order valence-corrected chi connectivity index (χ0v) is 11.6. The van der Waals surface area contributed by atoms with E-state index in [-0.39, 0.29) is 11.6 Å². The Hall–Kier alpha value is -1.47. The minimum Gasteiger partial charge on any atom is -0.312 e. The SMILES string of the molecule is CNC(C)c1cnc(-c2cc(F)cc(C(F)(F)F)c2)s1. The predicted octanol–water partition coefficient (Wildman–Crippen LogP) is 4.25. The van der Waals surface area contributed by atoms with Crippen LogP contribution in [0.3, 0.4) is 0 Å². The maximum atomic E-state index is 13.3. The summed E-state index contributed by atoms with van der Waals surface area (Å²) in [6, 6.07) is 2.49. The third kappa shape index (κ3) is 3.16. The van der Waals surface area contributed by atoms with Crippen LogP contribution in [0, 0.1) is 5.82 Å². The summed E-state index contributed by atoms with van der Waals surface area (Å²) >= 11 is 1.24. The molecule has 1 aromatic heterocycles. The molecule has 20 heavy (non-hydrogen) atoms.